The van der Waals surface area contributed by atoms with Crippen LogP contribution in [0.2, 0.25) is 0 Å². The molecule has 1 saturated heterocycles. The number of amides is 1. The molecular weight excluding hydrogens is 372 g/mol. The molecule has 1 aromatic heterocycles. The lowest BCUT2D eigenvalue weighted by Gasteiger charge is -2.32. The standard InChI is InChI=1S/C22H24N2O3S/c1-14-18(26-2)11-16(12-19(14)27-3)22(25)24-10-6-7-15(13-24)21-23-17-8-4-5-9-20(17)28-21/h4-5,8-9,11-12,15H,6-7,10,13H2,1-3H3. The van der Waals surface area contributed by atoms with Crippen LogP contribution in [0.3, 0.4) is 0 Å². The first kappa shape index (κ1) is 18.7. The van der Waals surface area contributed by atoms with Crippen LogP contribution in [0.15, 0.2) is 36.4 Å². The first-order valence-corrected chi connectivity index (χ1v) is 10.3. The minimum Gasteiger partial charge on any atom is -0.496 e. The van der Waals surface area contributed by atoms with Crippen LogP contribution in [0.4, 0.5) is 0 Å². The average Bonchev–Trinajstić information content (AvgIpc) is 3.18. The molecule has 146 valence electrons. The van der Waals surface area contributed by atoms with E-state index in [-0.39, 0.29) is 11.8 Å². The minimum absolute atomic E-state index is 0.0161. The fraction of sp³-hybridized carbons (Fsp3) is 0.364. The van der Waals surface area contributed by atoms with Crippen molar-refractivity contribution in [3.63, 3.8) is 0 Å². The van der Waals surface area contributed by atoms with Gasteiger partial charge in [0.1, 0.15) is 11.5 Å². The molecule has 4 rings (SSSR count). The van der Waals surface area contributed by atoms with Crippen LogP contribution in [0.25, 0.3) is 10.2 Å². The molecule has 1 amide bonds. The van der Waals surface area contributed by atoms with Crippen molar-refractivity contribution in [3.8, 4) is 11.5 Å². The van der Waals surface area contributed by atoms with Crippen LogP contribution in [0.1, 0.15) is 39.7 Å². The molecule has 28 heavy (non-hydrogen) atoms. The number of piperidine rings is 1. The van der Waals surface area contributed by atoms with E-state index < -0.39 is 0 Å². The summed E-state index contributed by atoms with van der Waals surface area (Å²) in [5, 5.41) is 1.12. The lowest BCUT2D eigenvalue weighted by Crippen LogP contribution is -2.39. The van der Waals surface area contributed by atoms with Gasteiger partial charge in [0, 0.05) is 30.1 Å². The molecule has 0 saturated carbocycles. The number of rotatable bonds is 4. The maximum Gasteiger partial charge on any atom is 0.254 e. The molecule has 0 spiro atoms. The zero-order valence-corrected chi connectivity index (χ0v) is 17.2. The monoisotopic (exact) mass is 396 g/mol. The highest BCUT2D eigenvalue weighted by Gasteiger charge is 2.28. The van der Waals surface area contributed by atoms with Crippen LogP contribution in [0, 0.1) is 6.92 Å². The molecule has 5 nitrogen and oxygen atoms in total. The topological polar surface area (TPSA) is 51.7 Å². The van der Waals surface area contributed by atoms with Gasteiger partial charge in [-0.15, -0.1) is 11.3 Å². The second-order valence-electron chi connectivity index (χ2n) is 7.12. The first-order valence-electron chi connectivity index (χ1n) is 9.48. The predicted octanol–water partition coefficient (Wildman–Crippen LogP) is 4.64. The molecule has 0 radical (unpaired) electrons. The highest BCUT2D eigenvalue weighted by atomic mass is 32.1. The summed E-state index contributed by atoms with van der Waals surface area (Å²) in [6.07, 6.45) is 2.04. The summed E-state index contributed by atoms with van der Waals surface area (Å²) in [7, 11) is 3.22. The highest BCUT2D eigenvalue weighted by molar-refractivity contribution is 7.18. The van der Waals surface area contributed by atoms with E-state index in [4.69, 9.17) is 14.5 Å². The Kier molecular flexibility index (Phi) is 5.22. The van der Waals surface area contributed by atoms with Crippen molar-refractivity contribution in [1.82, 2.24) is 9.88 Å². The largest absolute Gasteiger partial charge is 0.496 e. The zero-order valence-electron chi connectivity index (χ0n) is 16.4. The maximum absolute atomic E-state index is 13.2. The van der Waals surface area contributed by atoms with Crippen molar-refractivity contribution >= 4 is 27.5 Å². The summed E-state index contributed by atoms with van der Waals surface area (Å²) in [5.41, 5.74) is 2.54. The van der Waals surface area contributed by atoms with Crippen LogP contribution in [-0.4, -0.2) is 43.1 Å². The number of likely N-dealkylation sites (tertiary alicyclic amines) is 1. The van der Waals surface area contributed by atoms with E-state index in [0.29, 0.717) is 23.6 Å². The Morgan fingerprint density at radius 2 is 1.89 bits per heavy atom. The van der Waals surface area contributed by atoms with Crippen LogP contribution in [0.5, 0.6) is 11.5 Å². The Morgan fingerprint density at radius 1 is 1.18 bits per heavy atom. The quantitative estimate of drug-likeness (QED) is 0.645. The third-order valence-electron chi connectivity index (χ3n) is 5.37. The number of aromatic nitrogens is 1. The van der Waals surface area contributed by atoms with E-state index in [1.54, 1.807) is 25.6 Å². The van der Waals surface area contributed by atoms with Gasteiger partial charge >= 0.3 is 0 Å². The third kappa shape index (κ3) is 3.44. The highest BCUT2D eigenvalue weighted by Crippen LogP contribution is 2.34. The number of hydrogen-bond acceptors (Lipinski definition) is 5. The summed E-state index contributed by atoms with van der Waals surface area (Å²) in [5.74, 6) is 1.64. The minimum atomic E-state index is 0.0161. The van der Waals surface area contributed by atoms with Crippen LogP contribution < -0.4 is 9.47 Å². The number of ether oxygens (including phenoxy) is 2. The summed E-state index contributed by atoms with van der Waals surface area (Å²) in [4.78, 5) is 19.9. The Labute approximate surface area is 168 Å². The van der Waals surface area contributed by atoms with Crippen LogP contribution >= 0.6 is 11.3 Å². The normalized spacial score (nSPS) is 17.0. The zero-order chi connectivity index (χ0) is 19.7. The van der Waals surface area contributed by atoms with Gasteiger partial charge in [-0.2, -0.15) is 0 Å². The van der Waals surface area contributed by atoms with Gasteiger partial charge in [0.2, 0.25) is 0 Å². The van der Waals surface area contributed by atoms with Gasteiger partial charge < -0.3 is 14.4 Å². The van der Waals surface area contributed by atoms with Gasteiger partial charge in [0.05, 0.1) is 29.4 Å². The van der Waals surface area contributed by atoms with Crippen LogP contribution in [-0.2, 0) is 0 Å². The van der Waals surface area contributed by atoms with E-state index in [2.05, 4.69) is 6.07 Å². The van der Waals surface area contributed by atoms with Gasteiger partial charge in [-0.25, -0.2) is 4.98 Å². The summed E-state index contributed by atoms with van der Waals surface area (Å²) >= 11 is 1.74. The van der Waals surface area contributed by atoms with Crippen molar-refractivity contribution in [3.05, 3.63) is 52.5 Å². The molecule has 1 unspecified atom stereocenters. The SMILES string of the molecule is COc1cc(C(=O)N2CCCC(c3nc4ccccc4s3)C2)cc(OC)c1C. The van der Waals surface area contributed by atoms with Gasteiger partial charge in [0.25, 0.3) is 5.91 Å². The molecule has 1 fully saturated rings. The summed E-state index contributed by atoms with van der Waals surface area (Å²) < 4.78 is 12.1. The van der Waals surface area contributed by atoms with Crippen molar-refractivity contribution < 1.29 is 14.3 Å². The van der Waals surface area contributed by atoms with E-state index >= 15 is 0 Å². The number of methoxy groups -OCH3 is 2. The summed E-state index contributed by atoms with van der Waals surface area (Å²) in [6.45, 7) is 3.38. The molecule has 6 heteroatoms. The molecule has 3 aromatic rings. The van der Waals surface area contributed by atoms with E-state index in [0.717, 1.165) is 35.5 Å². The van der Waals surface area contributed by atoms with Crippen molar-refractivity contribution in [2.45, 2.75) is 25.7 Å². The smallest absolute Gasteiger partial charge is 0.254 e. The summed E-state index contributed by atoms with van der Waals surface area (Å²) in [6, 6.07) is 11.8. The second kappa shape index (κ2) is 7.80. The maximum atomic E-state index is 13.2. The van der Waals surface area contributed by atoms with Crippen molar-refractivity contribution in [1.29, 1.82) is 0 Å². The molecule has 0 aliphatic carbocycles. The molecular formula is C22H24N2O3S. The molecule has 1 aliphatic heterocycles. The van der Waals surface area contributed by atoms with Crippen molar-refractivity contribution in [2.75, 3.05) is 27.3 Å². The van der Waals surface area contributed by atoms with Gasteiger partial charge in [-0.05, 0) is 44.0 Å². The average molecular weight is 397 g/mol. The first-order chi connectivity index (χ1) is 13.6. The van der Waals surface area contributed by atoms with Crippen molar-refractivity contribution in [2.24, 2.45) is 0 Å². The van der Waals surface area contributed by atoms with Gasteiger partial charge in [0.15, 0.2) is 0 Å². The molecule has 2 aromatic carbocycles. The number of hydrogen-bond donors (Lipinski definition) is 0. The number of nitrogens with zero attached hydrogens (tertiary/aromatic N) is 2. The molecule has 2 heterocycles. The Bertz CT molecular complexity index is 956. The number of carbonyl (C=O) groups excluding carboxylic acids is 1. The lowest BCUT2D eigenvalue weighted by molar-refractivity contribution is 0.0706. The second-order valence-corrected chi connectivity index (χ2v) is 8.18. The number of fused-ring (bicyclic) bond motifs is 1. The van der Waals surface area contributed by atoms with Gasteiger partial charge in [-0.1, -0.05) is 12.1 Å². The fourth-order valence-corrected chi connectivity index (χ4v) is 4.91. The Balaban J connectivity index is 1.58. The van der Waals surface area contributed by atoms with E-state index in [1.165, 1.54) is 4.70 Å². The number of para-hydroxylation sites is 1. The third-order valence-corrected chi connectivity index (χ3v) is 6.57. The predicted molar refractivity (Wildman–Crippen MR) is 112 cm³/mol. The molecule has 0 N–H and O–H groups in total. The lowest BCUT2D eigenvalue weighted by atomic mass is 9.97. The number of thiazole rings is 1. The Hall–Kier alpha value is -2.60. The Morgan fingerprint density at radius 3 is 2.57 bits per heavy atom. The fourth-order valence-electron chi connectivity index (χ4n) is 3.82. The van der Waals surface area contributed by atoms with E-state index in [1.807, 2.05) is 42.2 Å². The number of benzene rings is 2. The molecule has 0 bridgehead atoms. The number of carbonyl (C=O) groups is 1. The molecule has 1 aliphatic rings. The van der Waals surface area contributed by atoms with E-state index in [9.17, 15) is 4.79 Å². The molecule has 1 atom stereocenters. The van der Waals surface area contributed by atoms with Gasteiger partial charge in [-0.3, -0.25) is 4.79 Å².